The maximum Gasteiger partial charge on any atom is 0.257 e. The second-order valence-electron chi connectivity index (χ2n) is 4.23. The summed E-state index contributed by atoms with van der Waals surface area (Å²) in [5, 5.41) is 5.96. The lowest BCUT2D eigenvalue weighted by Crippen LogP contribution is -2.34. The van der Waals surface area contributed by atoms with Crippen molar-refractivity contribution in [2.75, 3.05) is 5.32 Å². The van der Waals surface area contributed by atoms with Gasteiger partial charge >= 0.3 is 0 Å². The number of anilines is 1. The molecule has 5 heteroatoms. The summed E-state index contributed by atoms with van der Waals surface area (Å²) in [6.07, 6.45) is 0. The molecule has 116 valence electrons. The highest BCUT2D eigenvalue weighted by molar-refractivity contribution is 9.10. The maximum atomic E-state index is 11.9. The lowest BCUT2D eigenvalue weighted by Gasteiger charge is -2.12. The molecule has 0 heterocycles. The van der Waals surface area contributed by atoms with Crippen LogP contribution in [-0.4, -0.2) is 11.0 Å². The predicted octanol–water partition coefficient (Wildman–Crippen LogP) is 4.91. The molecule has 0 saturated carbocycles. The number of nitrogens with one attached hydrogen (secondary N) is 2. The highest BCUT2D eigenvalue weighted by Crippen LogP contribution is 2.20. The second kappa shape index (κ2) is 9.33. The molecule has 0 unspecified atom stereocenters. The van der Waals surface area contributed by atoms with Crippen molar-refractivity contribution in [1.82, 2.24) is 5.32 Å². The number of hydrogen-bond acceptors (Lipinski definition) is 2. The minimum absolute atomic E-state index is 0.226. The van der Waals surface area contributed by atoms with E-state index in [1.165, 1.54) is 0 Å². The molecule has 2 N–H and O–H groups in total. The summed E-state index contributed by atoms with van der Waals surface area (Å²) in [4.78, 5) is 11.9. The van der Waals surface area contributed by atoms with Gasteiger partial charge in [-0.05, 0) is 49.0 Å². The summed E-state index contributed by atoms with van der Waals surface area (Å²) < 4.78 is 0.947. The number of rotatable bonds is 2. The van der Waals surface area contributed by atoms with Crippen LogP contribution in [0.25, 0.3) is 0 Å². The zero-order chi connectivity index (χ0) is 16.5. The number of thiocarbonyl (C=S) groups is 1. The van der Waals surface area contributed by atoms with E-state index in [0.29, 0.717) is 5.56 Å². The average molecular weight is 379 g/mol. The van der Waals surface area contributed by atoms with Crippen LogP contribution < -0.4 is 10.6 Å². The Hall–Kier alpha value is -1.72. The third kappa shape index (κ3) is 5.58. The van der Waals surface area contributed by atoms with Crippen LogP contribution in [0.15, 0.2) is 53.0 Å². The van der Waals surface area contributed by atoms with Crippen LogP contribution in [-0.2, 0) is 0 Å². The largest absolute Gasteiger partial charge is 0.332 e. The van der Waals surface area contributed by atoms with Gasteiger partial charge in [0.05, 0.1) is 0 Å². The maximum absolute atomic E-state index is 11.9. The standard InChI is InChI=1S/C15H13BrN2OS.C2H6/c1-10-7-8-12(16)9-13(10)17-15(20)18-14(19)11-5-3-2-4-6-11;1-2/h2-9H,1H3,(H2,17,18,19,20);1-2H3. The van der Waals surface area contributed by atoms with Gasteiger partial charge in [-0.1, -0.05) is 54.0 Å². The molecule has 0 aliphatic heterocycles. The SMILES string of the molecule is CC.Cc1ccc(Br)cc1NC(=S)NC(=O)c1ccccc1. The summed E-state index contributed by atoms with van der Waals surface area (Å²) in [6.45, 7) is 5.97. The normalized spacial score (nSPS) is 9.27. The Kier molecular flexibility index (Phi) is 7.77. The Morgan fingerprint density at radius 2 is 1.73 bits per heavy atom. The van der Waals surface area contributed by atoms with Crippen molar-refractivity contribution in [3.8, 4) is 0 Å². The highest BCUT2D eigenvalue weighted by Gasteiger charge is 2.08. The van der Waals surface area contributed by atoms with Gasteiger partial charge in [0, 0.05) is 15.7 Å². The summed E-state index contributed by atoms with van der Waals surface area (Å²) in [6, 6.07) is 14.8. The molecule has 1 amide bonds. The number of carbonyl (C=O) groups is 1. The van der Waals surface area contributed by atoms with E-state index in [-0.39, 0.29) is 11.0 Å². The average Bonchev–Trinajstić information content (AvgIpc) is 2.53. The molecule has 0 aliphatic carbocycles. The molecule has 2 rings (SSSR count). The Morgan fingerprint density at radius 3 is 2.36 bits per heavy atom. The first-order valence-electron chi connectivity index (χ1n) is 7.00. The minimum atomic E-state index is -0.226. The van der Waals surface area contributed by atoms with Gasteiger partial charge in [0.2, 0.25) is 0 Å². The smallest absolute Gasteiger partial charge is 0.257 e. The van der Waals surface area contributed by atoms with E-state index in [2.05, 4.69) is 26.6 Å². The number of halogens is 1. The highest BCUT2D eigenvalue weighted by atomic mass is 79.9. The van der Waals surface area contributed by atoms with Crippen LogP contribution in [0.5, 0.6) is 0 Å². The summed E-state index contributed by atoms with van der Waals surface area (Å²) in [7, 11) is 0. The van der Waals surface area contributed by atoms with Crippen LogP contribution in [0, 0.1) is 6.92 Å². The molecule has 2 aromatic rings. The Bertz CT molecular complexity index is 644. The minimum Gasteiger partial charge on any atom is -0.332 e. The number of benzene rings is 2. The lowest BCUT2D eigenvalue weighted by molar-refractivity contribution is 0.0977. The first-order valence-corrected chi connectivity index (χ1v) is 8.20. The van der Waals surface area contributed by atoms with Crippen molar-refractivity contribution >= 4 is 44.9 Å². The van der Waals surface area contributed by atoms with Crippen LogP contribution in [0.1, 0.15) is 29.8 Å². The fraction of sp³-hybridized carbons (Fsp3) is 0.176. The summed E-state index contributed by atoms with van der Waals surface area (Å²) in [5.74, 6) is -0.226. The predicted molar refractivity (Wildman–Crippen MR) is 100 cm³/mol. The third-order valence-electron chi connectivity index (χ3n) is 2.71. The molecular weight excluding hydrogens is 360 g/mol. The van der Waals surface area contributed by atoms with E-state index >= 15 is 0 Å². The molecule has 0 aromatic heterocycles. The van der Waals surface area contributed by atoms with Crippen molar-refractivity contribution in [3.63, 3.8) is 0 Å². The van der Waals surface area contributed by atoms with Crippen molar-refractivity contribution < 1.29 is 4.79 Å². The molecule has 0 atom stereocenters. The summed E-state index contributed by atoms with van der Waals surface area (Å²) >= 11 is 8.56. The van der Waals surface area contributed by atoms with Gasteiger partial charge in [0.25, 0.3) is 5.91 Å². The first kappa shape index (κ1) is 18.3. The lowest BCUT2D eigenvalue weighted by atomic mass is 10.2. The van der Waals surface area contributed by atoms with Gasteiger partial charge in [-0.3, -0.25) is 10.1 Å². The number of hydrogen-bond donors (Lipinski definition) is 2. The van der Waals surface area contributed by atoms with Gasteiger partial charge in [0.15, 0.2) is 5.11 Å². The van der Waals surface area contributed by atoms with E-state index in [0.717, 1.165) is 15.7 Å². The van der Waals surface area contributed by atoms with Crippen molar-refractivity contribution in [2.24, 2.45) is 0 Å². The van der Waals surface area contributed by atoms with Gasteiger partial charge < -0.3 is 5.32 Å². The zero-order valence-corrected chi connectivity index (χ0v) is 15.2. The zero-order valence-electron chi connectivity index (χ0n) is 12.8. The molecule has 3 nitrogen and oxygen atoms in total. The van der Waals surface area contributed by atoms with Gasteiger partial charge in [-0.2, -0.15) is 0 Å². The van der Waals surface area contributed by atoms with Crippen molar-refractivity contribution in [3.05, 3.63) is 64.1 Å². The topological polar surface area (TPSA) is 41.1 Å². The Balaban J connectivity index is 0.00000116. The van der Waals surface area contributed by atoms with Crippen molar-refractivity contribution in [1.29, 1.82) is 0 Å². The molecule has 0 saturated heterocycles. The monoisotopic (exact) mass is 378 g/mol. The summed E-state index contributed by atoms with van der Waals surface area (Å²) in [5.41, 5.74) is 2.48. The number of carbonyl (C=O) groups excluding carboxylic acids is 1. The molecule has 0 radical (unpaired) electrons. The van der Waals surface area contributed by atoms with Gasteiger partial charge in [-0.15, -0.1) is 0 Å². The number of aryl methyl sites for hydroxylation is 1. The molecule has 22 heavy (non-hydrogen) atoms. The van der Waals surface area contributed by atoms with E-state index in [9.17, 15) is 4.79 Å². The van der Waals surface area contributed by atoms with E-state index in [1.807, 2.05) is 57.2 Å². The first-order chi connectivity index (χ1) is 10.6. The van der Waals surface area contributed by atoms with Crippen LogP contribution in [0.3, 0.4) is 0 Å². The van der Waals surface area contributed by atoms with Crippen LogP contribution >= 0.6 is 28.1 Å². The van der Waals surface area contributed by atoms with Crippen molar-refractivity contribution in [2.45, 2.75) is 20.8 Å². The van der Waals surface area contributed by atoms with Gasteiger partial charge in [0.1, 0.15) is 0 Å². The van der Waals surface area contributed by atoms with E-state index in [4.69, 9.17) is 12.2 Å². The fourth-order valence-corrected chi connectivity index (χ4v) is 2.21. The van der Waals surface area contributed by atoms with E-state index in [1.54, 1.807) is 12.1 Å². The van der Waals surface area contributed by atoms with Crippen LogP contribution in [0.4, 0.5) is 5.69 Å². The molecule has 0 bridgehead atoms. The molecule has 0 fully saturated rings. The Labute approximate surface area is 145 Å². The second-order valence-corrected chi connectivity index (χ2v) is 5.56. The van der Waals surface area contributed by atoms with Gasteiger partial charge in [-0.25, -0.2) is 0 Å². The molecule has 2 aromatic carbocycles. The van der Waals surface area contributed by atoms with E-state index < -0.39 is 0 Å². The fourth-order valence-electron chi connectivity index (χ4n) is 1.65. The third-order valence-corrected chi connectivity index (χ3v) is 3.41. The Morgan fingerprint density at radius 1 is 1.09 bits per heavy atom. The molecule has 0 aliphatic rings. The quantitative estimate of drug-likeness (QED) is 0.729. The number of amides is 1. The molecular formula is C17H19BrN2OS. The molecule has 0 spiro atoms. The van der Waals surface area contributed by atoms with Crippen LogP contribution in [0.2, 0.25) is 0 Å².